The van der Waals surface area contributed by atoms with E-state index in [0.717, 1.165) is 38.5 Å². The number of anilines is 2. The monoisotopic (exact) mass is 344 g/mol. The summed E-state index contributed by atoms with van der Waals surface area (Å²) in [5.41, 5.74) is 1.21. The summed E-state index contributed by atoms with van der Waals surface area (Å²) in [7, 11) is 1.67. The van der Waals surface area contributed by atoms with E-state index < -0.39 is 0 Å². The Bertz CT molecular complexity index is 691. The van der Waals surface area contributed by atoms with Crippen LogP contribution in [0.4, 0.5) is 11.5 Å². The number of carbonyl (C=O) groups is 1. The summed E-state index contributed by atoms with van der Waals surface area (Å²) in [5.74, 6) is 2.00. The molecule has 7 nitrogen and oxygen atoms in total. The fraction of sp³-hybridized carbons (Fsp3) is 0.444. The van der Waals surface area contributed by atoms with Crippen LogP contribution in [0.15, 0.2) is 34.9 Å². The van der Waals surface area contributed by atoms with Crippen LogP contribution in [-0.2, 0) is 4.79 Å². The van der Waals surface area contributed by atoms with Crippen molar-refractivity contribution in [1.82, 2.24) is 10.1 Å². The molecule has 1 N–H and O–H groups in total. The predicted molar refractivity (Wildman–Crippen MR) is 96.1 cm³/mol. The lowest BCUT2D eigenvalue weighted by atomic mass is 10.2. The van der Waals surface area contributed by atoms with E-state index in [-0.39, 0.29) is 5.91 Å². The van der Waals surface area contributed by atoms with Crippen LogP contribution < -0.4 is 15.0 Å². The van der Waals surface area contributed by atoms with Gasteiger partial charge in [0, 0.05) is 50.9 Å². The molecule has 1 aromatic heterocycles. The molecule has 0 bridgehead atoms. The molecule has 1 amide bonds. The van der Waals surface area contributed by atoms with E-state index in [1.807, 2.05) is 12.1 Å². The molecule has 0 radical (unpaired) electrons. The highest BCUT2D eigenvalue weighted by atomic mass is 16.5. The molecule has 1 aromatic carbocycles. The van der Waals surface area contributed by atoms with Gasteiger partial charge in [0.15, 0.2) is 5.82 Å². The molecule has 7 heteroatoms. The summed E-state index contributed by atoms with van der Waals surface area (Å²) in [5, 5.41) is 6.53. The number of piperazine rings is 1. The lowest BCUT2D eigenvalue weighted by Crippen LogP contribution is -2.47. The first-order valence-corrected chi connectivity index (χ1v) is 8.48. The van der Waals surface area contributed by atoms with Crippen molar-refractivity contribution in [3.63, 3.8) is 0 Å². The molecule has 2 heterocycles. The van der Waals surface area contributed by atoms with Crippen LogP contribution in [0.3, 0.4) is 0 Å². The quantitative estimate of drug-likeness (QED) is 0.866. The van der Waals surface area contributed by atoms with Gasteiger partial charge in [-0.25, -0.2) is 0 Å². The van der Waals surface area contributed by atoms with Crippen molar-refractivity contribution >= 4 is 17.4 Å². The first-order chi connectivity index (χ1) is 12.1. The van der Waals surface area contributed by atoms with E-state index >= 15 is 0 Å². The Morgan fingerprint density at radius 3 is 2.56 bits per heavy atom. The smallest absolute Gasteiger partial charge is 0.226 e. The van der Waals surface area contributed by atoms with E-state index in [1.165, 1.54) is 5.69 Å². The van der Waals surface area contributed by atoms with Gasteiger partial charge in [-0.05, 0) is 31.2 Å². The average Bonchev–Trinajstić information content (AvgIpc) is 3.05. The van der Waals surface area contributed by atoms with Gasteiger partial charge in [-0.1, -0.05) is 5.16 Å². The van der Waals surface area contributed by atoms with E-state index in [1.54, 1.807) is 20.1 Å². The Morgan fingerprint density at radius 2 is 1.96 bits per heavy atom. The van der Waals surface area contributed by atoms with Crippen LogP contribution in [0.5, 0.6) is 5.75 Å². The maximum Gasteiger partial charge on any atom is 0.226 e. The first kappa shape index (κ1) is 17.3. The van der Waals surface area contributed by atoms with Crippen molar-refractivity contribution in [3.8, 4) is 5.75 Å². The molecule has 1 saturated heterocycles. The van der Waals surface area contributed by atoms with Gasteiger partial charge in [-0.2, -0.15) is 0 Å². The zero-order valence-electron chi connectivity index (χ0n) is 14.7. The number of carbonyl (C=O) groups excluding carboxylic acids is 1. The van der Waals surface area contributed by atoms with Gasteiger partial charge in [-0.3, -0.25) is 9.69 Å². The molecule has 2 aromatic rings. The Morgan fingerprint density at radius 1 is 1.24 bits per heavy atom. The standard InChI is InChI=1S/C18H24N4O3/c1-14-13-17(20-25-14)19-18(23)7-8-21-9-11-22(12-10-21)15-3-5-16(24-2)6-4-15/h3-6,13H,7-12H2,1-2H3,(H,19,20,23). The molecule has 0 unspecified atom stereocenters. The number of nitrogens with zero attached hydrogens (tertiary/aromatic N) is 3. The molecule has 3 rings (SSSR count). The predicted octanol–water partition coefficient (Wildman–Crippen LogP) is 2.14. The largest absolute Gasteiger partial charge is 0.497 e. The highest BCUT2D eigenvalue weighted by molar-refractivity contribution is 5.89. The first-order valence-electron chi connectivity index (χ1n) is 8.48. The number of hydrogen-bond acceptors (Lipinski definition) is 6. The molecule has 0 spiro atoms. The number of amides is 1. The Labute approximate surface area is 147 Å². The number of aryl methyl sites for hydroxylation is 1. The average molecular weight is 344 g/mol. The second kappa shape index (κ2) is 8.02. The summed E-state index contributed by atoms with van der Waals surface area (Å²) in [6.07, 6.45) is 0.453. The maximum absolute atomic E-state index is 12.0. The number of aromatic nitrogens is 1. The summed E-state index contributed by atoms with van der Waals surface area (Å²) in [6, 6.07) is 9.85. The summed E-state index contributed by atoms with van der Waals surface area (Å²) in [4.78, 5) is 16.6. The summed E-state index contributed by atoms with van der Waals surface area (Å²) in [6.45, 7) is 6.35. The maximum atomic E-state index is 12.0. The fourth-order valence-corrected chi connectivity index (χ4v) is 2.91. The van der Waals surface area contributed by atoms with Gasteiger partial charge in [0.05, 0.1) is 7.11 Å². The molecule has 1 fully saturated rings. The second-order valence-electron chi connectivity index (χ2n) is 6.15. The van der Waals surface area contributed by atoms with Crippen molar-refractivity contribution in [2.24, 2.45) is 0 Å². The number of hydrogen-bond donors (Lipinski definition) is 1. The minimum absolute atomic E-state index is 0.0362. The number of nitrogens with one attached hydrogen (secondary N) is 1. The summed E-state index contributed by atoms with van der Waals surface area (Å²) < 4.78 is 10.1. The number of rotatable bonds is 6. The third kappa shape index (κ3) is 4.73. The Balaban J connectivity index is 1.40. The highest BCUT2D eigenvalue weighted by Crippen LogP contribution is 2.20. The SMILES string of the molecule is COc1ccc(N2CCN(CCC(=O)Nc3cc(C)on3)CC2)cc1. The molecular weight excluding hydrogens is 320 g/mol. The lowest BCUT2D eigenvalue weighted by molar-refractivity contribution is -0.116. The van der Waals surface area contributed by atoms with Gasteiger partial charge in [0.2, 0.25) is 5.91 Å². The van der Waals surface area contributed by atoms with Crippen molar-refractivity contribution in [3.05, 3.63) is 36.1 Å². The Kier molecular flexibility index (Phi) is 5.55. The summed E-state index contributed by atoms with van der Waals surface area (Å²) >= 11 is 0. The van der Waals surface area contributed by atoms with Crippen LogP contribution in [-0.4, -0.2) is 55.8 Å². The van der Waals surface area contributed by atoms with Crippen molar-refractivity contribution in [2.75, 3.05) is 50.1 Å². The van der Waals surface area contributed by atoms with Gasteiger partial charge < -0.3 is 19.5 Å². The molecule has 1 aliphatic heterocycles. The number of benzene rings is 1. The zero-order chi connectivity index (χ0) is 17.6. The minimum atomic E-state index is -0.0362. The third-order valence-corrected chi connectivity index (χ3v) is 4.36. The molecule has 0 atom stereocenters. The molecule has 0 saturated carbocycles. The highest BCUT2D eigenvalue weighted by Gasteiger charge is 2.18. The van der Waals surface area contributed by atoms with Crippen molar-refractivity contribution in [1.29, 1.82) is 0 Å². The normalized spacial score (nSPS) is 15.2. The lowest BCUT2D eigenvalue weighted by Gasteiger charge is -2.36. The van der Waals surface area contributed by atoms with E-state index in [0.29, 0.717) is 18.0 Å². The van der Waals surface area contributed by atoms with Crippen LogP contribution in [0, 0.1) is 6.92 Å². The van der Waals surface area contributed by atoms with Crippen LogP contribution >= 0.6 is 0 Å². The van der Waals surface area contributed by atoms with Crippen molar-refractivity contribution < 1.29 is 14.1 Å². The minimum Gasteiger partial charge on any atom is -0.497 e. The third-order valence-electron chi connectivity index (χ3n) is 4.36. The molecule has 1 aliphatic rings. The second-order valence-corrected chi connectivity index (χ2v) is 6.15. The molecule has 134 valence electrons. The van der Waals surface area contributed by atoms with Crippen LogP contribution in [0.2, 0.25) is 0 Å². The zero-order valence-corrected chi connectivity index (χ0v) is 14.7. The Hall–Kier alpha value is -2.54. The molecule has 25 heavy (non-hydrogen) atoms. The van der Waals surface area contributed by atoms with Gasteiger partial charge in [-0.15, -0.1) is 0 Å². The van der Waals surface area contributed by atoms with E-state index in [9.17, 15) is 4.79 Å². The fourth-order valence-electron chi connectivity index (χ4n) is 2.91. The van der Waals surface area contributed by atoms with Gasteiger partial charge in [0.25, 0.3) is 0 Å². The van der Waals surface area contributed by atoms with Crippen LogP contribution in [0.25, 0.3) is 0 Å². The molecular formula is C18H24N4O3. The van der Waals surface area contributed by atoms with Crippen LogP contribution in [0.1, 0.15) is 12.2 Å². The number of ether oxygens (including phenoxy) is 1. The van der Waals surface area contributed by atoms with E-state index in [2.05, 4.69) is 32.4 Å². The van der Waals surface area contributed by atoms with Gasteiger partial charge >= 0.3 is 0 Å². The number of methoxy groups -OCH3 is 1. The van der Waals surface area contributed by atoms with E-state index in [4.69, 9.17) is 9.26 Å². The molecule has 0 aliphatic carbocycles. The topological polar surface area (TPSA) is 70.8 Å². The van der Waals surface area contributed by atoms with Crippen molar-refractivity contribution in [2.45, 2.75) is 13.3 Å². The van der Waals surface area contributed by atoms with Gasteiger partial charge in [0.1, 0.15) is 11.5 Å².